The number of nitrogens with one attached hydrogen (secondary N) is 2. The Hall–Kier alpha value is -1.65. The fraction of sp³-hybridized carbons (Fsp3) is 0.350. The number of anilines is 1. The highest BCUT2D eigenvalue weighted by Gasteiger charge is 2.15. The van der Waals surface area contributed by atoms with E-state index >= 15 is 0 Å². The SMILES string of the molecule is Cc1cc(C)cc(NC(N)=NCc2ccccc2CS(=O)(=O)NC(C)C)c1.I. The molecule has 0 amide bonds. The lowest BCUT2D eigenvalue weighted by Crippen LogP contribution is -2.31. The molecular weight excluding hydrogens is 487 g/mol. The second kappa shape index (κ2) is 10.8. The van der Waals surface area contributed by atoms with Crippen molar-refractivity contribution in [3.63, 3.8) is 0 Å². The van der Waals surface area contributed by atoms with E-state index < -0.39 is 10.0 Å². The van der Waals surface area contributed by atoms with Gasteiger partial charge in [-0.15, -0.1) is 24.0 Å². The molecule has 8 heteroatoms. The molecule has 2 aromatic rings. The van der Waals surface area contributed by atoms with Crippen LogP contribution in [0.25, 0.3) is 0 Å². The molecule has 0 bridgehead atoms. The summed E-state index contributed by atoms with van der Waals surface area (Å²) in [5.74, 6) is 0.208. The summed E-state index contributed by atoms with van der Waals surface area (Å²) in [6.07, 6.45) is 0. The minimum absolute atomic E-state index is 0. The molecule has 2 rings (SSSR count). The predicted molar refractivity (Wildman–Crippen MR) is 128 cm³/mol. The zero-order valence-electron chi connectivity index (χ0n) is 16.7. The van der Waals surface area contributed by atoms with Gasteiger partial charge < -0.3 is 11.1 Å². The Morgan fingerprint density at radius 2 is 1.64 bits per heavy atom. The Morgan fingerprint density at radius 1 is 1.07 bits per heavy atom. The highest BCUT2D eigenvalue weighted by atomic mass is 127. The molecule has 2 aromatic carbocycles. The van der Waals surface area contributed by atoms with E-state index in [1.165, 1.54) is 0 Å². The molecule has 0 saturated heterocycles. The molecule has 0 spiro atoms. The van der Waals surface area contributed by atoms with Gasteiger partial charge in [0.1, 0.15) is 0 Å². The molecule has 0 atom stereocenters. The number of hydrogen-bond acceptors (Lipinski definition) is 3. The minimum Gasteiger partial charge on any atom is -0.370 e. The first-order valence-corrected chi connectivity index (χ1v) is 10.5. The predicted octanol–water partition coefficient (Wildman–Crippen LogP) is 3.68. The van der Waals surface area contributed by atoms with E-state index in [9.17, 15) is 8.42 Å². The number of hydrogen-bond donors (Lipinski definition) is 3. The maximum absolute atomic E-state index is 12.2. The topological polar surface area (TPSA) is 96.6 Å². The second-order valence-corrected chi connectivity index (χ2v) is 8.76. The van der Waals surface area contributed by atoms with Crippen LogP contribution in [-0.2, 0) is 22.3 Å². The van der Waals surface area contributed by atoms with Gasteiger partial charge in [-0.05, 0) is 62.1 Å². The van der Waals surface area contributed by atoms with Gasteiger partial charge in [0.15, 0.2) is 5.96 Å². The van der Waals surface area contributed by atoms with Crippen LogP contribution < -0.4 is 15.8 Å². The Balaban J connectivity index is 0.00000392. The molecule has 0 heterocycles. The van der Waals surface area contributed by atoms with Gasteiger partial charge in [0.25, 0.3) is 0 Å². The van der Waals surface area contributed by atoms with Crippen LogP contribution in [0, 0.1) is 13.8 Å². The van der Waals surface area contributed by atoms with Crippen LogP contribution in [0.4, 0.5) is 5.69 Å². The van der Waals surface area contributed by atoms with Gasteiger partial charge in [0, 0.05) is 11.7 Å². The van der Waals surface area contributed by atoms with Crippen LogP contribution in [-0.4, -0.2) is 20.4 Å². The van der Waals surface area contributed by atoms with Crippen molar-refractivity contribution in [3.8, 4) is 0 Å². The molecule has 6 nitrogen and oxygen atoms in total. The first-order valence-electron chi connectivity index (χ1n) is 8.86. The molecule has 0 aliphatic carbocycles. The number of sulfonamides is 1. The summed E-state index contributed by atoms with van der Waals surface area (Å²) in [7, 11) is -3.40. The Labute approximate surface area is 185 Å². The highest BCUT2D eigenvalue weighted by molar-refractivity contribution is 14.0. The summed E-state index contributed by atoms with van der Waals surface area (Å²) in [6.45, 7) is 7.94. The fourth-order valence-corrected chi connectivity index (χ4v) is 4.36. The first-order chi connectivity index (χ1) is 12.6. The number of nitrogens with two attached hydrogens (primary N) is 1. The van der Waals surface area contributed by atoms with Crippen molar-refractivity contribution in [2.45, 2.75) is 46.0 Å². The molecule has 0 radical (unpaired) electrons. The van der Waals surface area contributed by atoms with Gasteiger partial charge in [-0.1, -0.05) is 30.3 Å². The Bertz CT molecular complexity index is 907. The summed E-state index contributed by atoms with van der Waals surface area (Å²) < 4.78 is 27.0. The zero-order valence-corrected chi connectivity index (χ0v) is 19.8. The van der Waals surface area contributed by atoms with Gasteiger partial charge >= 0.3 is 0 Å². The van der Waals surface area contributed by atoms with E-state index in [0.717, 1.165) is 22.4 Å². The van der Waals surface area contributed by atoms with Crippen LogP contribution in [0.5, 0.6) is 0 Å². The molecule has 0 aliphatic rings. The lowest BCUT2D eigenvalue weighted by Gasteiger charge is -2.12. The van der Waals surface area contributed by atoms with Crippen LogP contribution in [0.2, 0.25) is 0 Å². The number of guanidine groups is 1. The molecule has 0 fully saturated rings. The number of rotatable bonds is 7. The van der Waals surface area contributed by atoms with Crippen molar-refractivity contribution in [3.05, 3.63) is 64.7 Å². The monoisotopic (exact) mass is 516 g/mol. The van der Waals surface area contributed by atoms with Gasteiger partial charge in [0.05, 0.1) is 12.3 Å². The van der Waals surface area contributed by atoms with E-state index in [2.05, 4.69) is 21.1 Å². The van der Waals surface area contributed by atoms with E-state index in [1.807, 2.05) is 44.2 Å². The third-order valence-corrected chi connectivity index (χ3v) is 5.31. The molecule has 154 valence electrons. The quantitative estimate of drug-likeness (QED) is 0.297. The zero-order chi connectivity index (χ0) is 20.0. The van der Waals surface area contributed by atoms with Crippen molar-refractivity contribution in [1.82, 2.24) is 4.72 Å². The average Bonchev–Trinajstić information content (AvgIpc) is 2.51. The highest BCUT2D eigenvalue weighted by Crippen LogP contribution is 2.15. The standard InChI is InChI=1S/C20H28N4O2S.HI/c1-14(2)24-27(25,26)13-18-8-6-5-7-17(18)12-22-20(21)23-19-10-15(3)9-16(4)11-19;/h5-11,14,24H,12-13H2,1-4H3,(H3,21,22,23);1H. The summed E-state index contributed by atoms with van der Waals surface area (Å²) in [5, 5.41) is 3.08. The summed E-state index contributed by atoms with van der Waals surface area (Å²) in [5.41, 5.74) is 10.7. The first kappa shape index (κ1) is 24.4. The van der Waals surface area contributed by atoms with Crippen LogP contribution in [0.15, 0.2) is 47.5 Å². The smallest absolute Gasteiger partial charge is 0.216 e. The van der Waals surface area contributed by atoms with E-state index in [0.29, 0.717) is 12.1 Å². The number of nitrogens with zero attached hydrogens (tertiary/aromatic N) is 1. The molecule has 28 heavy (non-hydrogen) atoms. The van der Waals surface area contributed by atoms with Crippen molar-refractivity contribution < 1.29 is 8.42 Å². The van der Waals surface area contributed by atoms with Gasteiger partial charge in [-0.3, -0.25) is 0 Å². The third kappa shape index (κ3) is 8.15. The second-order valence-electron chi connectivity index (χ2n) is 7.00. The van der Waals surface area contributed by atoms with Crippen molar-refractivity contribution >= 4 is 45.6 Å². The summed E-state index contributed by atoms with van der Waals surface area (Å²) >= 11 is 0. The lowest BCUT2D eigenvalue weighted by atomic mass is 10.1. The molecule has 4 N–H and O–H groups in total. The summed E-state index contributed by atoms with van der Waals surface area (Å²) in [6, 6.07) is 13.3. The minimum atomic E-state index is -3.40. The average molecular weight is 516 g/mol. The molecular formula is C20H29IN4O2S. The van der Waals surface area contributed by atoms with E-state index in [-0.39, 0.29) is 41.7 Å². The number of aliphatic imine (C=N–C) groups is 1. The van der Waals surface area contributed by atoms with E-state index in [4.69, 9.17) is 5.73 Å². The normalized spacial score (nSPS) is 12.0. The maximum Gasteiger partial charge on any atom is 0.216 e. The van der Waals surface area contributed by atoms with Crippen LogP contribution >= 0.6 is 24.0 Å². The molecule has 0 unspecified atom stereocenters. The van der Waals surface area contributed by atoms with Crippen LogP contribution in [0.1, 0.15) is 36.1 Å². The van der Waals surface area contributed by atoms with Gasteiger partial charge in [-0.2, -0.15) is 0 Å². The number of halogens is 1. The largest absolute Gasteiger partial charge is 0.370 e. The Kier molecular flexibility index (Phi) is 9.38. The molecule has 0 saturated carbocycles. The summed E-state index contributed by atoms with van der Waals surface area (Å²) in [4.78, 5) is 4.37. The van der Waals surface area contributed by atoms with E-state index in [1.54, 1.807) is 19.9 Å². The fourth-order valence-electron chi connectivity index (χ4n) is 2.86. The lowest BCUT2D eigenvalue weighted by molar-refractivity contribution is 0.569. The van der Waals surface area contributed by atoms with Gasteiger partial charge in [0.2, 0.25) is 10.0 Å². The number of benzene rings is 2. The van der Waals surface area contributed by atoms with Gasteiger partial charge in [-0.25, -0.2) is 18.1 Å². The third-order valence-electron chi connectivity index (χ3n) is 3.79. The van der Waals surface area contributed by atoms with Crippen LogP contribution in [0.3, 0.4) is 0 Å². The maximum atomic E-state index is 12.2. The Morgan fingerprint density at radius 3 is 2.21 bits per heavy atom. The van der Waals surface area contributed by atoms with Crippen molar-refractivity contribution in [2.24, 2.45) is 10.7 Å². The molecule has 0 aromatic heterocycles. The molecule has 0 aliphatic heterocycles. The van der Waals surface area contributed by atoms with Crippen molar-refractivity contribution in [2.75, 3.05) is 5.32 Å². The van der Waals surface area contributed by atoms with Crippen molar-refractivity contribution in [1.29, 1.82) is 0 Å². The number of aryl methyl sites for hydroxylation is 2.